The Labute approximate surface area is 67.5 Å². The second-order valence-electron chi connectivity index (χ2n) is 1.89. The Hall–Kier alpha value is -0.200. The zero-order valence-electron chi connectivity index (χ0n) is 6.83. The van der Waals surface area contributed by atoms with Crippen molar-refractivity contribution in [3.05, 3.63) is 11.4 Å². The maximum absolute atomic E-state index is 9.49. The molecule has 0 aromatic heterocycles. The third-order valence-electron chi connectivity index (χ3n) is 1.02. The SMILES string of the molecule is [C-]#[N+]C[PH](O)(OCC)OCC. The topological polar surface area (TPSA) is 43.0 Å². The van der Waals surface area contributed by atoms with Crippen molar-refractivity contribution in [2.45, 2.75) is 13.8 Å². The zero-order valence-corrected chi connectivity index (χ0v) is 7.83. The van der Waals surface area contributed by atoms with Crippen LogP contribution in [0.25, 0.3) is 4.85 Å². The van der Waals surface area contributed by atoms with Crippen LogP contribution in [-0.2, 0) is 9.05 Å². The van der Waals surface area contributed by atoms with E-state index in [0.717, 1.165) is 0 Å². The molecule has 0 aromatic rings. The van der Waals surface area contributed by atoms with E-state index in [-0.39, 0.29) is 6.29 Å². The summed E-state index contributed by atoms with van der Waals surface area (Å²) < 4.78 is 9.94. The summed E-state index contributed by atoms with van der Waals surface area (Å²) in [5.41, 5.74) is 0. The summed E-state index contributed by atoms with van der Waals surface area (Å²) in [6, 6.07) is 0. The van der Waals surface area contributed by atoms with Crippen LogP contribution in [0.2, 0.25) is 0 Å². The molecular weight excluding hydrogens is 165 g/mol. The van der Waals surface area contributed by atoms with Crippen LogP contribution < -0.4 is 0 Å². The van der Waals surface area contributed by atoms with Crippen molar-refractivity contribution in [3.8, 4) is 0 Å². The van der Waals surface area contributed by atoms with Crippen LogP contribution in [-0.4, -0.2) is 24.4 Å². The fraction of sp³-hybridized carbons (Fsp3) is 0.833. The van der Waals surface area contributed by atoms with Crippen LogP contribution in [0.3, 0.4) is 0 Å². The van der Waals surface area contributed by atoms with Gasteiger partial charge in [-0.25, -0.2) is 0 Å². The molecule has 0 aliphatic rings. The minimum atomic E-state index is -3.10. The van der Waals surface area contributed by atoms with Gasteiger partial charge in [-0.1, -0.05) is 0 Å². The van der Waals surface area contributed by atoms with E-state index in [1.807, 2.05) is 0 Å². The van der Waals surface area contributed by atoms with E-state index >= 15 is 0 Å². The van der Waals surface area contributed by atoms with Crippen molar-refractivity contribution in [3.63, 3.8) is 0 Å². The average molecular weight is 179 g/mol. The van der Waals surface area contributed by atoms with Crippen molar-refractivity contribution < 1.29 is 13.9 Å². The summed E-state index contributed by atoms with van der Waals surface area (Å²) in [5, 5.41) is 0. The fourth-order valence-corrected chi connectivity index (χ4v) is 2.05. The van der Waals surface area contributed by atoms with Gasteiger partial charge in [0.25, 0.3) is 0 Å². The molecule has 0 aliphatic carbocycles. The second kappa shape index (κ2) is 5.45. The molecule has 1 N–H and O–H groups in total. The molecule has 0 unspecified atom stereocenters. The molecule has 4 nitrogen and oxygen atoms in total. The standard InChI is InChI=1S/C6H14NO3P/c1-4-9-11(8,6-7-3)10-5-2/h8,11H,4-6H2,1-2H3. The molecule has 0 rings (SSSR count). The summed E-state index contributed by atoms with van der Waals surface area (Å²) in [4.78, 5) is 12.5. The van der Waals surface area contributed by atoms with Crippen LogP contribution in [0.4, 0.5) is 0 Å². The first-order valence-electron chi connectivity index (χ1n) is 3.52. The molecule has 0 amide bonds. The Kier molecular flexibility index (Phi) is 5.35. The number of rotatable bonds is 5. The van der Waals surface area contributed by atoms with Gasteiger partial charge in [-0.3, -0.25) is 0 Å². The number of hydrogen-bond donors (Lipinski definition) is 1. The van der Waals surface area contributed by atoms with Crippen molar-refractivity contribution in [1.82, 2.24) is 0 Å². The summed E-state index contributed by atoms with van der Waals surface area (Å²) in [5.74, 6) is 0. The van der Waals surface area contributed by atoms with E-state index in [2.05, 4.69) is 4.85 Å². The van der Waals surface area contributed by atoms with Crippen LogP contribution in [0.15, 0.2) is 0 Å². The Morgan fingerprint density at radius 2 is 1.82 bits per heavy atom. The first-order valence-corrected chi connectivity index (χ1v) is 5.49. The summed E-state index contributed by atoms with van der Waals surface area (Å²) in [7, 11) is -3.10. The van der Waals surface area contributed by atoms with Gasteiger partial charge in [-0.2, -0.15) is 0 Å². The van der Waals surface area contributed by atoms with E-state index in [1.54, 1.807) is 13.8 Å². The second-order valence-corrected chi connectivity index (χ2v) is 4.21. The van der Waals surface area contributed by atoms with Crippen molar-refractivity contribution in [2.24, 2.45) is 0 Å². The van der Waals surface area contributed by atoms with Gasteiger partial charge in [0.1, 0.15) is 0 Å². The molecule has 66 valence electrons. The minimum absolute atomic E-state index is 0.0469. The molecule has 0 spiro atoms. The molecule has 11 heavy (non-hydrogen) atoms. The van der Waals surface area contributed by atoms with Gasteiger partial charge in [-0.15, -0.1) is 0 Å². The average Bonchev–Trinajstić information content (AvgIpc) is 1.88. The van der Waals surface area contributed by atoms with Crippen molar-refractivity contribution >= 4 is 7.94 Å². The molecule has 0 heterocycles. The van der Waals surface area contributed by atoms with Crippen molar-refractivity contribution in [1.29, 1.82) is 0 Å². The third kappa shape index (κ3) is 4.28. The zero-order chi connectivity index (χ0) is 8.74. The molecule has 0 saturated carbocycles. The van der Waals surface area contributed by atoms with E-state index in [9.17, 15) is 4.89 Å². The van der Waals surface area contributed by atoms with E-state index in [1.165, 1.54) is 0 Å². The molecule has 0 fully saturated rings. The Balaban J connectivity index is 3.92. The van der Waals surface area contributed by atoms with Gasteiger partial charge in [0.05, 0.1) is 0 Å². The van der Waals surface area contributed by atoms with Gasteiger partial charge in [0.15, 0.2) is 0 Å². The Bertz CT molecular complexity index is 139. The molecule has 0 bridgehead atoms. The molecule has 5 heteroatoms. The fourth-order valence-electron chi connectivity index (χ4n) is 0.684. The van der Waals surface area contributed by atoms with E-state index in [0.29, 0.717) is 13.2 Å². The predicted octanol–water partition coefficient (Wildman–Crippen LogP) is 1.42. The van der Waals surface area contributed by atoms with Crippen LogP contribution in [0.1, 0.15) is 13.8 Å². The maximum atomic E-state index is 9.49. The van der Waals surface area contributed by atoms with Crippen molar-refractivity contribution in [2.75, 3.05) is 19.5 Å². The van der Waals surface area contributed by atoms with Gasteiger partial charge in [0.2, 0.25) is 0 Å². The van der Waals surface area contributed by atoms with E-state index in [4.69, 9.17) is 15.6 Å². The molecule has 0 atom stereocenters. The van der Waals surface area contributed by atoms with Crippen LogP contribution in [0.5, 0.6) is 0 Å². The van der Waals surface area contributed by atoms with Gasteiger partial charge in [0, 0.05) is 0 Å². The first-order chi connectivity index (χ1) is 5.18. The normalized spacial score (nSPS) is 12.5. The number of hydrogen-bond acceptors (Lipinski definition) is 3. The van der Waals surface area contributed by atoms with Gasteiger partial charge >= 0.3 is 66.6 Å². The molecule has 0 radical (unpaired) electrons. The molecule has 0 saturated heterocycles. The Morgan fingerprint density at radius 3 is 2.09 bits per heavy atom. The molecule has 0 aliphatic heterocycles. The quantitative estimate of drug-likeness (QED) is 0.512. The number of nitrogens with zero attached hydrogens (tertiary/aromatic N) is 1. The van der Waals surface area contributed by atoms with Gasteiger partial charge in [-0.05, 0) is 0 Å². The Morgan fingerprint density at radius 1 is 1.36 bits per heavy atom. The third-order valence-corrected chi connectivity index (χ3v) is 3.06. The molecule has 0 aromatic carbocycles. The molecular formula is C6H14NO3P. The van der Waals surface area contributed by atoms with E-state index < -0.39 is 7.94 Å². The summed E-state index contributed by atoms with van der Waals surface area (Å²) in [6.45, 7) is 10.9. The predicted molar refractivity (Wildman–Crippen MR) is 45.3 cm³/mol. The monoisotopic (exact) mass is 179 g/mol. The van der Waals surface area contributed by atoms with Crippen LogP contribution >= 0.6 is 7.94 Å². The van der Waals surface area contributed by atoms with Crippen LogP contribution in [0, 0.1) is 6.57 Å². The first kappa shape index (κ1) is 10.8. The van der Waals surface area contributed by atoms with Gasteiger partial charge < -0.3 is 0 Å². The summed E-state index contributed by atoms with van der Waals surface area (Å²) >= 11 is 0. The summed E-state index contributed by atoms with van der Waals surface area (Å²) in [6.07, 6.45) is -0.0469.